The molecule has 0 aliphatic carbocycles. The summed E-state index contributed by atoms with van der Waals surface area (Å²) >= 11 is 0. The van der Waals surface area contributed by atoms with Gasteiger partial charge in [-0.2, -0.15) is 5.48 Å². The third-order valence-electron chi connectivity index (χ3n) is 5.15. The Morgan fingerprint density at radius 2 is 2.12 bits per heavy atom. The maximum absolute atomic E-state index is 14.0. The number of amides is 1. The van der Waals surface area contributed by atoms with E-state index in [2.05, 4.69) is 15.7 Å². The molecule has 2 aromatic rings. The van der Waals surface area contributed by atoms with Crippen LogP contribution in [0.2, 0.25) is 0 Å². The number of ether oxygens (including phenoxy) is 1. The Morgan fingerprint density at radius 3 is 2.85 bits per heavy atom. The molecule has 6 nitrogen and oxygen atoms in total. The summed E-state index contributed by atoms with van der Waals surface area (Å²) in [6.45, 7) is 1.54. The van der Waals surface area contributed by atoms with Gasteiger partial charge in [0.25, 0.3) is 0 Å². The quantitative estimate of drug-likeness (QED) is 0.736. The number of carbonyl (C=O) groups excluding carboxylic acids is 1. The number of methoxy groups -OCH3 is 1. The number of benzene rings is 2. The zero-order valence-corrected chi connectivity index (χ0v) is 14.6. The smallest absolute Gasteiger partial charge is 0.248 e. The molecule has 0 fully saturated rings. The van der Waals surface area contributed by atoms with Crippen LogP contribution in [-0.2, 0) is 17.8 Å². The van der Waals surface area contributed by atoms with Crippen molar-refractivity contribution in [3.05, 3.63) is 46.8 Å². The van der Waals surface area contributed by atoms with Gasteiger partial charge in [0.1, 0.15) is 17.6 Å². The summed E-state index contributed by atoms with van der Waals surface area (Å²) in [5, 5.41) is 12.3. The predicted octanol–water partition coefficient (Wildman–Crippen LogP) is 2.46. The normalized spacial score (nSPS) is 19.1. The zero-order chi connectivity index (χ0) is 18.4. The predicted molar refractivity (Wildman–Crippen MR) is 94.7 cm³/mol. The number of nitrogens with one attached hydrogen (secondary N) is 2. The van der Waals surface area contributed by atoms with Gasteiger partial charge in [0.2, 0.25) is 5.91 Å². The number of hydrogen-bond donors (Lipinski definition) is 3. The molecule has 136 valence electrons. The van der Waals surface area contributed by atoms with Crippen molar-refractivity contribution in [2.24, 2.45) is 0 Å². The van der Waals surface area contributed by atoms with Crippen molar-refractivity contribution < 1.29 is 19.1 Å². The first-order valence-corrected chi connectivity index (χ1v) is 8.45. The molecule has 0 saturated heterocycles. The Morgan fingerprint density at radius 1 is 1.31 bits per heavy atom. The minimum atomic E-state index is -0.846. The number of likely N-dealkylation sites (N-methyl/N-ethyl adjacent to an activating group) is 1. The molecule has 4 rings (SSSR count). The highest BCUT2D eigenvalue weighted by Gasteiger charge is 2.35. The second-order valence-corrected chi connectivity index (χ2v) is 6.73. The van der Waals surface area contributed by atoms with E-state index >= 15 is 0 Å². The van der Waals surface area contributed by atoms with Gasteiger partial charge in [0.15, 0.2) is 0 Å². The van der Waals surface area contributed by atoms with Gasteiger partial charge < -0.3 is 20.2 Å². The molecule has 0 saturated carbocycles. The molecule has 0 spiro atoms. The third-order valence-corrected chi connectivity index (χ3v) is 5.15. The number of anilines is 1. The summed E-state index contributed by atoms with van der Waals surface area (Å²) in [4.78, 5) is 14.4. The van der Waals surface area contributed by atoms with Crippen LogP contribution in [-0.4, -0.2) is 36.7 Å². The topological polar surface area (TPSA) is 73.8 Å². The Kier molecular flexibility index (Phi) is 4.14. The maximum Gasteiger partial charge on any atom is 0.248 e. The molecule has 2 aliphatic heterocycles. The largest absolute Gasteiger partial charge is 0.496 e. The molecule has 0 radical (unpaired) electrons. The average Bonchev–Trinajstić information content (AvgIpc) is 2.96. The summed E-state index contributed by atoms with van der Waals surface area (Å²) in [5.41, 5.74) is 7.03. The fourth-order valence-electron chi connectivity index (χ4n) is 3.89. The lowest BCUT2D eigenvalue weighted by atomic mass is 9.86. The van der Waals surface area contributed by atoms with Crippen LogP contribution in [0.1, 0.15) is 22.7 Å². The first kappa shape index (κ1) is 17.0. The molecule has 2 aromatic carbocycles. The highest BCUT2D eigenvalue weighted by atomic mass is 19.1. The van der Waals surface area contributed by atoms with Gasteiger partial charge >= 0.3 is 0 Å². The Balaban J connectivity index is 2.00. The van der Waals surface area contributed by atoms with Crippen molar-refractivity contribution >= 4 is 11.6 Å². The van der Waals surface area contributed by atoms with E-state index < -0.39 is 6.04 Å². The van der Waals surface area contributed by atoms with Gasteiger partial charge in [-0.15, -0.1) is 0 Å². The molecular formula is C19H20FN3O3. The standard InChI is InChI=1S/C19H20FN3O3/c1-23-6-5-11-12(13-7-10(20)3-4-16(13)26-2)8-14-17(15(11)9-23)21-19(24)18(14)22-25/h3-4,7-8,18,22,25H,5-6,9H2,1-2H3,(H,21,24). The van der Waals surface area contributed by atoms with Crippen LogP contribution in [0.15, 0.2) is 24.3 Å². The monoisotopic (exact) mass is 357 g/mol. The van der Waals surface area contributed by atoms with Gasteiger partial charge in [-0.1, -0.05) is 0 Å². The van der Waals surface area contributed by atoms with E-state index in [-0.39, 0.29) is 11.7 Å². The van der Waals surface area contributed by atoms with Crippen LogP contribution < -0.4 is 15.5 Å². The molecule has 1 amide bonds. The average molecular weight is 357 g/mol. The first-order valence-electron chi connectivity index (χ1n) is 8.45. The van der Waals surface area contributed by atoms with Gasteiger partial charge in [-0.25, -0.2) is 4.39 Å². The number of nitrogens with zero attached hydrogens (tertiary/aromatic N) is 1. The number of fused-ring (bicyclic) bond motifs is 3. The zero-order valence-electron chi connectivity index (χ0n) is 14.6. The van der Waals surface area contributed by atoms with Crippen LogP contribution in [0.4, 0.5) is 10.1 Å². The molecule has 1 unspecified atom stereocenters. The van der Waals surface area contributed by atoms with Crippen LogP contribution in [0, 0.1) is 5.82 Å². The number of hydrogen-bond acceptors (Lipinski definition) is 5. The Hall–Kier alpha value is -2.48. The van der Waals surface area contributed by atoms with E-state index in [0.29, 0.717) is 23.4 Å². The number of halogens is 1. The van der Waals surface area contributed by atoms with Crippen molar-refractivity contribution in [3.63, 3.8) is 0 Å². The first-order chi connectivity index (χ1) is 12.5. The molecule has 7 heteroatoms. The van der Waals surface area contributed by atoms with Gasteiger partial charge in [-0.05, 0) is 54.4 Å². The molecular weight excluding hydrogens is 337 g/mol. The third kappa shape index (κ3) is 2.56. The lowest BCUT2D eigenvalue weighted by Gasteiger charge is -2.29. The minimum absolute atomic E-state index is 0.304. The summed E-state index contributed by atoms with van der Waals surface area (Å²) in [7, 11) is 3.57. The fraction of sp³-hybridized carbons (Fsp3) is 0.316. The maximum atomic E-state index is 14.0. The van der Waals surface area contributed by atoms with Gasteiger partial charge in [-0.3, -0.25) is 4.79 Å². The van der Waals surface area contributed by atoms with E-state index in [1.165, 1.54) is 12.1 Å². The van der Waals surface area contributed by atoms with E-state index in [0.717, 1.165) is 35.3 Å². The molecule has 2 heterocycles. The molecule has 2 aliphatic rings. The van der Waals surface area contributed by atoms with E-state index in [4.69, 9.17) is 4.74 Å². The van der Waals surface area contributed by atoms with E-state index in [1.807, 2.05) is 13.1 Å². The van der Waals surface area contributed by atoms with Crippen molar-refractivity contribution in [1.82, 2.24) is 10.4 Å². The Bertz CT molecular complexity index is 900. The lowest BCUT2D eigenvalue weighted by molar-refractivity contribution is -0.120. The second kappa shape index (κ2) is 6.35. The second-order valence-electron chi connectivity index (χ2n) is 6.73. The van der Waals surface area contributed by atoms with Crippen LogP contribution in [0.5, 0.6) is 5.75 Å². The summed E-state index contributed by atoms with van der Waals surface area (Å²) in [6, 6.07) is 5.41. The van der Waals surface area contributed by atoms with E-state index in [1.54, 1.807) is 13.2 Å². The van der Waals surface area contributed by atoms with Crippen molar-refractivity contribution in [2.75, 3.05) is 26.0 Å². The molecule has 0 aromatic heterocycles. The summed E-state index contributed by atoms with van der Waals surface area (Å²) in [5.74, 6) is -0.0893. The number of hydroxylamine groups is 1. The summed E-state index contributed by atoms with van der Waals surface area (Å²) in [6.07, 6.45) is 0.779. The molecule has 26 heavy (non-hydrogen) atoms. The number of carbonyl (C=O) groups is 1. The van der Waals surface area contributed by atoms with Crippen LogP contribution in [0.25, 0.3) is 11.1 Å². The lowest BCUT2D eigenvalue weighted by Crippen LogP contribution is -2.28. The Labute approximate surface area is 150 Å². The van der Waals surface area contributed by atoms with Crippen LogP contribution >= 0.6 is 0 Å². The molecule has 0 bridgehead atoms. The fourth-order valence-corrected chi connectivity index (χ4v) is 3.89. The van der Waals surface area contributed by atoms with Crippen molar-refractivity contribution in [1.29, 1.82) is 0 Å². The van der Waals surface area contributed by atoms with Crippen molar-refractivity contribution in [2.45, 2.75) is 19.0 Å². The van der Waals surface area contributed by atoms with Crippen molar-refractivity contribution in [3.8, 4) is 16.9 Å². The number of rotatable bonds is 3. The van der Waals surface area contributed by atoms with Crippen LogP contribution in [0.3, 0.4) is 0 Å². The minimum Gasteiger partial charge on any atom is -0.496 e. The molecule has 3 N–H and O–H groups in total. The SMILES string of the molecule is COc1ccc(F)cc1-c1cc2c(c3c1CCN(C)C3)NC(=O)C2NO. The van der Waals surface area contributed by atoms with Gasteiger partial charge in [0, 0.05) is 24.2 Å². The highest BCUT2D eigenvalue weighted by molar-refractivity contribution is 6.04. The van der Waals surface area contributed by atoms with E-state index in [9.17, 15) is 14.4 Å². The highest BCUT2D eigenvalue weighted by Crippen LogP contribution is 2.44. The molecule has 1 atom stereocenters. The van der Waals surface area contributed by atoms with Gasteiger partial charge in [0.05, 0.1) is 12.8 Å². The summed E-state index contributed by atoms with van der Waals surface area (Å²) < 4.78 is 19.4.